The molecular formula is C11H9FN2O2. The number of pyridine rings is 1. The van der Waals surface area contributed by atoms with Gasteiger partial charge in [-0.3, -0.25) is 4.79 Å². The SMILES string of the molecule is COc1cc(F)c2nc(C(N)=O)ccc2c1. The highest BCUT2D eigenvalue weighted by Crippen LogP contribution is 2.22. The van der Waals surface area contributed by atoms with E-state index in [2.05, 4.69) is 4.98 Å². The van der Waals surface area contributed by atoms with Crippen LogP contribution in [0, 0.1) is 5.82 Å². The Labute approximate surface area is 90.8 Å². The Morgan fingerprint density at radius 3 is 2.81 bits per heavy atom. The molecule has 2 rings (SSSR count). The number of amides is 1. The van der Waals surface area contributed by atoms with Gasteiger partial charge in [-0.05, 0) is 12.1 Å². The third-order valence-electron chi connectivity index (χ3n) is 2.21. The van der Waals surface area contributed by atoms with Crippen molar-refractivity contribution in [2.45, 2.75) is 0 Å². The zero-order valence-corrected chi connectivity index (χ0v) is 8.53. The number of fused-ring (bicyclic) bond motifs is 1. The molecule has 0 fully saturated rings. The molecule has 0 aliphatic heterocycles. The van der Waals surface area contributed by atoms with Crippen LogP contribution in [-0.2, 0) is 0 Å². The normalized spacial score (nSPS) is 10.4. The molecule has 0 saturated carbocycles. The van der Waals surface area contributed by atoms with Crippen molar-refractivity contribution in [1.82, 2.24) is 4.98 Å². The molecule has 2 N–H and O–H groups in total. The number of nitrogens with zero attached hydrogens (tertiary/aromatic N) is 1. The van der Waals surface area contributed by atoms with Gasteiger partial charge in [0.1, 0.15) is 17.0 Å². The predicted molar refractivity (Wildman–Crippen MR) is 56.8 cm³/mol. The summed E-state index contributed by atoms with van der Waals surface area (Å²) in [5.41, 5.74) is 5.21. The fourth-order valence-electron chi connectivity index (χ4n) is 1.42. The van der Waals surface area contributed by atoms with E-state index in [0.717, 1.165) is 0 Å². The summed E-state index contributed by atoms with van der Waals surface area (Å²) in [6.07, 6.45) is 0. The van der Waals surface area contributed by atoms with Gasteiger partial charge in [0.15, 0.2) is 5.82 Å². The number of nitrogens with two attached hydrogens (primary N) is 1. The van der Waals surface area contributed by atoms with Crippen molar-refractivity contribution in [3.05, 3.63) is 35.8 Å². The summed E-state index contributed by atoms with van der Waals surface area (Å²) in [5.74, 6) is -0.826. The molecule has 82 valence electrons. The van der Waals surface area contributed by atoms with Crippen molar-refractivity contribution < 1.29 is 13.9 Å². The van der Waals surface area contributed by atoms with Crippen LogP contribution in [0.3, 0.4) is 0 Å². The Balaban J connectivity index is 2.70. The number of methoxy groups -OCH3 is 1. The quantitative estimate of drug-likeness (QED) is 0.833. The van der Waals surface area contributed by atoms with E-state index in [1.54, 1.807) is 12.1 Å². The average Bonchev–Trinajstić information content (AvgIpc) is 2.28. The van der Waals surface area contributed by atoms with E-state index >= 15 is 0 Å². The molecule has 1 aromatic heterocycles. The largest absolute Gasteiger partial charge is 0.497 e. The second kappa shape index (κ2) is 3.77. The molecule has 0 unspecified atom stereocenters. The first-order chi connectivity index (χ1) is 7.61. The molecule has 1 aromatic carbocycles. The van der Waals surface area contributed by atoms with E-state index in [0.29, 0.717) is 11.1 Å². The Bertz CT molecular complexity index is 569. The highest BCUT2D eigenvalue weighted by molar-refractivity contribution is 5.93. The third kappa shape index (κ3) is 1.67. The molecule has 0 aliphatic carbocycles. The van der Waals surface area contributed by atoms with Crippen molar-refractivity contribution >= 4 is 16.8 Å². The Morgan fingerprint density at radius 1 is 1.44 bits per heavy atom. The molecule has 1 amide bonds. The standard InChI is InChI=1S/C11H9FN2O2/c1-16-7-4-6-2-3-9(11(13)15)14-10(6)8(12)5-7/h2-5H,1H3,(H2,13,15). The van der Waals surface area contributed by atoms with Gasteiger partial charge in [-0.15, -0.1) is 0 Å². The maximum atomic E-state index is 13.6. The number of aromatic nitrogens is 1. The van der Waals surface area contributed by atoms with Gasteiger partial charge in [0, 0.05) is 11.5 Å². The number of carbonyl (C=O) groups excluding carboxylic acids is 1. The minimum Gasteiger partial charge on any atom is -0.497 e. The van der Waals surface area contributed by atoms with Crippen LogP contribution in [0.2, 0.25) is 0 Å². The van der Waals surface area contributed by atoms with Crippen LogP contribution in [0.15, 0.2) is 24.3 Å². The first kappa shape index (κ1) is 10.4. The Kier molecular flexibility index (Phi) is 2.44. The Hall–Kier alpha value is -2.17. The zero-order valence-electron chi connectivity index (χ0n) is 8.53. The van der Waals surface area contributed by atoms with Gasteiger partial charge in [0.2, 0.25) is 0 Å². The topological polar surface area (TPSA) is 65.2 Å². The summed E-state index contributed by atoms with van der Waals surface area (Å²) < 4.78 is 18.5. The molecule has 0 saturated heterocycles. The number of halogens is 1. The summed E-state index contributed by atoms with van der Waals surface area (Å²) in [5, 5.41) is 0.557. The third-order valence-corrected chi connectivity index (χ3v) is 2.21. The van der Waals surface area contributed by atoms with E-state index < -0.39 is 11.7 Å². The molecule has 0 radical (unpaired) electrons. The van der Waals surface area contributed by atoms with E-state index in [4.69, 9.17) is 10.5 Å². The highest BCUT2D eigenvalue weighted by atomic mass is 19.1. The fraction of sp³-hybridized carbons (Fsp3) is 0.0909. The summed E-state index contributed by atoms with van der Waals surface area (Å²) in [4.78, 5) is 14.7. The molecular weight excluding hydrogens is 211 g/mol. The summed E-state index contributed by atoms with van der Waals surface area (Å²) in [7, 11) is 1.45. The van der Waals surface area contributed by atoms with Crippen LogP contribution in [0.1, 0.15) is 10.5 Å². The molecule has 16 heavy (non-hydrogen) atoms. The predicted octanol–water partition coefficient (Wildman–Crippen LogP) is 1.48. The first-order valence-electron chi connectivity index (χ1n) is 4.56. The maximum Gasteiger partial charge on any atom is 0.267 e. The lowest BCUT2D eigenvalue weighted by atomic mass is 10.2. The van der Waals surface area contributed by atoms with Crippen molar-refractivity contribution in [3.63, 3.8) is 0 Å². The van der Waals surface area contributed by atoms with Crippen LogP contribution in [-0.4, -0.2) is 18.0 Å². The summed E-state index contributed by atoms with van der Waals surface area (Å²) in [6, 6.07) is 5.87. The van der Waals surface area contributed by atoms with E-state index in [1.165, 1.54) is 19.2 Å². The molecule has 5 heteroatoms. The van der Waals surface area contributed by atoms with Crippen LogP contribution in [0.4, 0.5) is 4.39 Å². The van der Waals surface area contributed by atoms with E-state index in [-0.39, 0.29) is 11.2 Å². The van der Waals surface area contributed by atoms with Gasteiger partial charge in [-0.2, -0.15) is 0 Å². The van der Waals surface area contributed by atoms with Gasteiger partial charge in [-0.1, -0.05) is 6.07 Å². The monoisotopic (exact) mass is 220 g/mol. The molecule has 2 aromatic rings. The van der Waals surface area contributed by atoms with Gasteiger partial charge in [0.05, 0.1) is 7.11 Å². The number of hydrogen-bond acceptors (Lipinski definition) is 3. The van der Waals surface area contributed by atoms with Gasteiger partial charge >= 0.3 is 0 Å². The minimum absolute atomic E-state index is 0.0385. The lowest BCUT2D eigenvalue weighted by Gasteiger charge is -2.04. The number of carbonyl (C=O) groups is 1. The Morgan fingerprint density at radius 2 is 2.19 bits per heavy atom. The van der Waals surface area contributed by atoms with E-state index in [9.17, 15) is 9.18 Å². The molecule has 1 heterocycles. The lowest BCUT2D eigenvalue weighted by molar-refractivity contribution is 0.0996. The fourth-order valence-corrected chi connectivity index (χ4v) is 1.42. The summed E-state index contributed by atoms with van der Waals surface area (Å²) >= 11 is 0. The number of benzene rings is 1. The van der Waals surface area contributed by atoms with Crippen molar-refractivity contribution in [2.24, 2.45) is 5.73 Å². The lowest BCUT2D eigenvalue weighted by Crippen LogP contribution is -2.12. The van der Waals surface area contributed by atoms with Crippen molar-refractivity contribution in [3.8, 4) is 5.75 Å². The van der Waals surface area contributed by atoms with Crippen LogP contribution in [0.25, 0.3) is 10.9 Å². The molecule has 0 spiro atoms. The molecule has 0 atom stereocenters. The average molecular weight is 220 g/mol. The summed E-state index contributed by atoms with van der Waals surface area (Å²) in [6.45, 7) is 0. The molecule has 4 nitrogen and oxygen atoms in total. The van der Waals surface area contributed by atoms with Crippen LogP contribution >= 0.6 is 0 Å². The first-order valence-corrected chi connectivity index (χ1v) is 4.56. The number of hydrogen-bond donors (Lipinski definition) is 1. The van der Waals surface area contributed by atoms with Gasteiger partial charge in [0.25, 0.3) is 5.91 Å². The number of primary amides is 1. The van der Waals surface area contributed by atoms with E-state index in [1.807, 2.05) is 0 Å². The second-order valence-electron chi connectivity index (χ2n) is 3.24. The second-order valence-corrected chi connectivity index (χ2v) is 3.24. The smallest absolute Gasteiger partial charge is 0.267 e. The van der Waals surface area contributed by atoms with Crippen molar-refractivity contribution in [2.75, 3.05) is 7.11 Å². The van der Waals surface area contributed by atoms with Gasteiger partial charge < -0.3 is 10.5 Å². The highest BCUT2D eigenvalue weighted by Gasteiger charge is 2.09. The minimum atomic E-state index is -0.683. The molecule has 0 bridgehead atoms. The van der Waals surface area contributed by atoms with Gasteiger partial charge in [-0.25, -0.2) is 9.37 Å². The number of ether oxygens (including phenoxy) is 1. The zero-order chi connectivity index (χ0) is 11.7. The van der Waals surface area contributed by atoms with Crippen molar-refractivity contribution in [1.29, 1.82) is 0 Å². The molecule has 0 aliphatic rings. The van der Waals surface area contributed by atoms with Crippen LogP contribution < -0.4 is 10.5 Å². The van der Waals surface area contributed by atoms with Crippen LogP contribution in [0.5, 0.6) is 5.75 Å². The number of rotatable bonds is 2. The maximum absolute atomic E-state index is 13.6.